The molecule has 1 saturated heterocycles. The van der Waals surface area contributed by atoms with Gasteiger partial charge in [0.1, 0.15) is 0 Å². The van der Waals surface area contributed by atoms with E-state index in [1.165, 1.54) is 24.3 Å². The summed E-state index contributed by atoms with van der Waals surface area (Å²) in [7, 11) is 0. The first-order valence-electron chi connectivity index (χ1n) is 7.82. The van der Waals surface area contributed by atoms with Crippen molar-refractivity contribution in [3.63, 3.8) is 0 Å². The Kier molecular flexibility index (Phi) is 4.85. The Morgan fingerprint density at radius 1 is 1.38 bits per heavy atom. The molecule has 8 heteroatoms. The highest BCUT2D eigenvalue weighted by Crippen LogP contribution is 2.16. The molecule has 1 unspecified atom stereocenters. The third-order valence-electron chi connectivity index (χ3n) is 3.90. The molecule has 2 heterocycles. The van der Waals surface area contributed by atoms with Crippen molar-refractivity contribution in [2.24, 2.45) is 0 Å². The predicted molar refractivity (Wildman–Crippen MR) is 86.9 cm³/mol. The van der Waals surface area contributed by atoms with Crippen LogP contribution < -0.4 is 5.32 Å². The van der Waals surface area contributed by atoms with Crippen molar-refractivity contribution in [2.45, 2.75) is 31.9 Å². The third kappa shape index (κ3) is 3.96. The van der Waals surface area contributed by atoms with Crippen molar-refractivity contribution in [3.8, 4) is 0 Å². The molecule has 8 nitrogen and oxygen atoms in total. The Balaban J connectivity index is 1.59. The zero-order valence-electron chi connectivity index (χ0n) is 13.1. The fraction of sp³-hybridized carbons (Fsp3) is 0.375. The number of aromatic nitrogens is 2. The van der Waals surface area contributed by atoms with Gasteiger partial charge < -0.3 is 10.1 Å². The average Bonchev–Trinajstić information content (AvgIpc) is 3.02. The van der Waals surface area contributed by atoms with Crippen molar-refractivity contribution >= 4 is 17.3 Å². The molecule has 1 aliphatic heterocycles. The van der Waals surface area contributed by atoms with Crippen LogP contribution in [0.4, 0.5) is 11.4 Å². The molecule has 24 heavy (non-hydrogen) atoms. The lowest BCUT2D eigenvalue weighted by Crippen LogP contribution is -2.24. The SMILES string of the molecule is O=C(Nc1cnn(CC2CCCCO2)c1)c1ccc([N+](=O)[O-])cc1. The Hall–Kier alpha value is -2.74. The molecule has 126 valence electrons. The number of rotatable bonds is 5. The summed E-state index contributed by atoms with van der Waals surface area (Å²) in [4.78, 5) is 22.3. The van der Waals surface area contributed by atoms with E-state index in [-0.39, 0.29) is 17.7 Å². The second-order valence-electron chi connectivity index (χ2n) is 5.70. The molecule has 0 bridgehead atoms. The molecule has 1 fully saturated rings. The summed E-state index contributed by atoms with van der Waals surface area (Å²) in [5.41, 5.74) is 0.880. The maximum Gasteiger partial charge on any atom is 0.269 e. The van der Waals surface area contributed by atoms with Gasteiger partial charge in [0, 0.05) is 30.5 Å². The molecular weight excluding hydrogens is 312 g/mol. The van der Waals surface area contributed by atoms with Crippen LogP contribution in [-0.2, 0) is 11.3 Å². The molecule has 0 saturated carbocycles. The van der Waals surface area contributed by atoms with Gasteiger partial charge in [0.15, 0.2) is 0 Å². The number of nitro benzene ring substituents is 1. The summed E-state index contributed by atoms with van der Waals surface area (Å²) in [5.74, 6) is -0.335. The van der Waals surface area contributed by atoms with E-state index in [4.69, 9.17) is 4.74 Å². The zero-order chi connectivity index (χ0) is 16.9. The highest BCUT2D eigenvalue weighted by Gasteiger charge is 2.15. The number of amides is 1. The molecular formula is C16H18N4O4. The second kappa shape index (κ2) is 7.22. The van der Waals surface area contributed by atoms with Crippen molar-refractivity contribution in [1.29, 1.82) is 0 Å². The molecule has 1 aromatic carbocycles. The number of non-ortho nitro benzene ring substituents is 1. The molecule has 2 aromatic rings. The molecule has 1 aliphatic rings. The maximum absolute atomic E-state index is 12.2. The highest BCUT2D eigenvalue weighted by atomic mass is 16.6. The van der Waals surface area contributed by atoms with Gasteiger partial charge >= 0.3 is 0 Å². The van der Waals surface area contributed by atoms with Crippen LogP contribution in [0.25, 0.3) is 0 Å². The zero-order valence-corrected chi connectivity index (χ0v) is 13.1. The first-order valence-corrected chi connectivity index (χ1v) is 7.82. The number of hydrogen-bond acceptors (Lipinski definition) is 5. The lowest BCUT2D eigenvalue weighted by molar-refractivity contribution is -0.384. The topological polar surface area (TPSA) is 99.3 Å². The molecule has 1 N–H and O–H groups in total. The van der Waals surface area contributed by atoms with Crippen LogP contribution >= 0.6 is 0 Å². The standard InChI is InChI=1S/C16H18N4O4/c21-16(12-4-6-14(7-5-12)20(22)23)18-13-9-17-19(10-13)11-15-3-1-2-8-24-15/h4-7,9-10,15H,1-3,8,11H2,(H,18,21). The molecule has 0 radical (unpaired) electrons. The molecule has 0 aliphatic carbocycles. The van der Waals surface area contributed by atoms with Gasteiger partial charge in [-0.25, -0.2) is 0 Å². The monoisotopic (exact) mass is 330 g/mol. The van der Waals surface area contributed by atoms with Gasteiger partial charge in [-0.2, -0.15) is 5.10 Å². The third-order valence-corrected chi connectivity index (χ3v) is 3.90. The van der Waals surface area contributed by atoms with Gasteiger partial charge in [-0.3, -0.25) is 19.6 Å². The minimum atomic E-state index is -0.501. The van der Waals surface area contributed by atoms with Crippen molar-refractivity contribution in [3.05, 3.63) is 52.3 Å². The first-order chi connectivity index (χ1) is 11.6. The summed E-state index contributed by atoms with van der Waals surface area (Å²) in [6, 6.07) is 5.46. The Morgan fingerprint density at radius 3 is 2.83 bits per heavy atom. The number of carbonyl (C=O) groups excluding carboxylic acids is 1. The summed E-state index contributed by atoms with van der Waals surface area (Å²) in [6.45, 7) is 1.45. The maximum atomic E-state index is 12.2. The number of anilines is 1. The van der Waals surface area contributed by atoms with Crippen LogP contribution in [0.15, 0.2) is 36.7 Å². The van der Waals surface area contributed by atoms with E-state index in [1.807, 2.05) is 0 Å². The van der Waals surface area contributed by atoms with Crippen LogP contribution in [0.5, 0.6) is 0 Å². The highest BCUT2D eigenvalue weighted by molar-refractivity contribution is 6.04. The van der Waals surface area contributed by atoms with Crippen LogP contribution in [0.1, 0.15) is 29.6 Å². The number of nitrogens with one attached hydrogen (secondary N) is 1. The van der Waals surface area contributed by atoms with Gasteiger partial charge in [0.2, 0.25) is 0 Å². The molecule has 1 aromatic heterocycles. The normalized spacial score (nSPS) is 17.4. The Morgan fingerprint density at radius 2 is 2.17 bits per heavy atom. The largest absolute Gasteiger partial charge is 0.376 e. The number of nitro groups is 1. The number of carbonyl (C=O) groups is 1. The molecule has 0 spiro atoms. The van der Waals surface area contributed by atoms with E-state index in [9.17, 15) is 14.9 Å². The lowest BCUT2D eigenvalue weighted by Gasteiger charge is -2.22. The van der Waals surface area contributed by atoms with Crippen molar-refractivity contribution in [1.82, 2.24) is 9.78 Å². The van der Waals surface area contributed by atoms with E-state index in [2.05, 4.69) is 10.4 Å². The predicted octanol–water partition coefficient (Wildman–Crippen LogP) is 2.61. The number of nitrogens with zero attached hydrogens (tertiary/aromatic N) is 3. The number of hydrogen-bond donors (Lipinski definition) is 1. The van der Waals surface area contributed by atoms with Gasteiger partial charge in [-0.15, -0.1) is 0 Å². The number of benzene rings is 1. The minimum Gasteiger partial charge on any atom is -0.376 e. The van der Waals surface area contributed by atoms with E-state index in [0.29, 0.717) is 17.8 Å². The molecule has 3 rings (SSSR count). The summed E-state index contributed by atoms with van der Waals surface area (Å²) in [6.07, 6.45) is 6.77. The number of ether oxygens (including phenoxy) is 1. The first kappa shape index (κ1) is 16.1. The fourth-order valence-corrected chi connectivity index (χ4v) is 2.63. The van der Waals surface area contributed by atoms with Crippen LogP contribution in [0.2, 0.25) is 0 Å². The summed E-state index contributed by atoms with van der Waals surface area (Å²) < 4.78 is 7.42. The molecule has 1 amide bonds. The van der Waals surface area contributed by atoms with Gasteiger partial charge in [-0.1, -0.05) is 0 Å². The van der Waals surface area contributed by atoms with E-state index >= 15 is 0 Å². The van der Waals surface area contributed by atoms with Gasteiger partial charge in [0.25, 0.3) is 11.6 Å². The average molecular weight is 330 g/mol. The van der Waals surface area contributed by atoms with E-state index in [1.54, 1.807) is 17.1 Å². The van der Waals surface area contributed by atoms with E-state index in [0.717, 1.165) is 25.9 Å². The smallest absolute Gasteiger partial charge is 0.269 e. The van der Waals surface area contributed by atoms with Gasteiger partial charge in [-0.05, 0) is 31.4 Å². The van der Waals surface area contributed by atoms with Crippen LogP contribution in [0, 0.1) is 10.1 Å². The summed E-state index contributed by atoms with van der Waals surface area (Å²) >= 11 is 0. The Labute approximate surface area is 138 Å². The van der Waals surface area contributed by atoms with E-state index < -0.39 is 4.92 Å². The quantitative estimate of drug-likeness (QED) is 0.671. The van der Waals surface area contributed by atoms with Crippen LogP contribution in [-0.4, -0.2) is 33.3 Å². The van der Waals surface area contributed by atoms with Crippen LogP contribution in [0.3, 0.4) is 0 Å². The lowest BCUT2D eigenvalue weighted by atomic mass is 10.1. The Bertz CT molecular complexity index is 720. The van der Waals surface area contributed by atoms with Crippen molar-refractivity contribution < 1.29 is 14.5 Å². The fourth-order valence-electron chi connectivity index (χ4n) is 2.63. The van der Waals surface area contributed by atoms with Gasteiger partial charge in [0.05, 0.1) is 29.5 Å². The van der Waals surface area contributed by atoms with Crippen molar-refractivity contribution in [2.75, 3.05) is 11.9 Å². The summed E-state index contributed by atoms with van der Waals surface area (Å²) in [5, 5.41) is 17.6. The minimum absolute atomic E-state index is 0.0492. The molecule has 1 atom stereocenters. The second-order valence-corrected chi connectivity index (χ2v) is 5.70.